The molecule has 0 spiro atoms. The summed E-state index contributed by atoms with van der Waals surface area (Å²) in [5.74, 6) is -0.219. The molecule has 0 saturated heterocycles. The van der Waals surface area contributed by atoms with Gasteiger partial charge in [0, 0.05) is 5.56 Å². The Morgan fingerprint density at radius 1 is 1.07 bits per heavy atom. The van der Waals surface area contributed by atoms with Crippen LogP contribution in [0.15, 0.2) is 42.7 Å². The van der Waals surface area contributed by atoms with E-state index in [2.05, 4.69) is 9.97 Å². The first-order valence-electron chi connectivity index (χ1n) is 4.30. The van der Waals surface area contributed by atoms with Crippen molar-refractivity contribution >= 4 is 5.82 Å². The molecule has 0 fully saturated rings. The second-order valence-electron chi connectivity index (χ2n) is 2.85. The van der Waals surface area contributed by atoms with Crippen molar-refractivity contribution in [2.24, 2.45) is 0 Å². The van der Waals surface area contributed by atoms with Crippen LogP contribution in [0.3, 0.4) is 0 Å². The molecule has 1 heterocycles. The normalized spacial score (nSPS) is 9.87. The predicted octanol–water partition coefficient (Wildman–Crippen LogP) is 2.05. The van der Waals surface area contributed by atoms with E-state index in [0.717, 1.165) is 0 Å². The predicted molar refractivity (Wildman–Crippen MR) is 54.1 cm³/mol. The van der Waals surface area contributed by atoms with E-state index in [-0.39, 0.29) is 5.82 Å². The van der Waals surface area contributed by atoms with Gasteiger partial charge in [-0.05, 0) is 9.91 Å². The lowest BCUT2D eigenvalue weighted by Crippen LogP contribution is -1.96. The van der Waals surface area contributed by atoms with Crippen molar-refractivity contribution in [3.8, 4) is 11.3 Å². The number of benzene rings is 1. The summed E-state index contributed by atoms with van der Waals surface area (Å²) < 4.78 is 0. The van der Waals surface area contributed by atoms with E-state index in [1.807, 2.05) is 6.07 Å². The fourth-order valence-corrected chi connectivity index (χ4v) is 1.26. The molecule has 0 amide bonds. The van der Waals surface area contributed by atoms with Gasteiger partial charge >= 0.3 is 5.82 Å². The van der Waals surface area contributed by atoms with Crippen molar-refractivity contribution < 1.29 is 4.92 Å². The molecular weight excluding hydrogens is 194 g/mol. The SMILES string of the molecule is O=[N+]([O-])c1nccnc1-c1ccccc1. The molecule has 1 aromatic heterocycles. The van der Waals surface area contributed by atoms with Crippen LogP contribution in [0.2, 0.25) is 0 Å². The lowest BCUT2D eigenvalue weighted by Gasteiger charge is -1.99. The largest absolute Gasteiger partial charge is 0.390 e. The molecule has 5 nitrogen and oxygen atoms in total. The van der Waals surface area contributed by atoms with E-state index in [1.54, 1.807) is 24.3 Å². The van der Waals surface area contributed by atoms with Crippen molar-refractivity contribution in [1.29, 1.82) is 0 Å². The number of nitrogens with zero attached hydrogens (tertiary/aromatic N) is 3. The highest BCUT2D eigenvalue weighted by atomic mass is 16.6. The molecule has 0 radical (unpaired) electrons. The highest BCUT2D eigenvalue weighted by molar-refractivity contribution is 5.66. The summed E-state index contributed by atoms with van der Waals surface area (Å²) in [7, 11) is 0. The zero-order chi connectivity index (χ0) is 10.7. The number of nitro groups is 1. The van der Waals surface area contributed by atoms with Gasteiger partial charge in [-0.3, -0.25) is 0 Å². The lowest BCUT2D eigenvalue weighted by molar-refractivity contribution is -0.389. The summed E-state index contributed by atoms with van der Waals surface area (Å²) in [6.45, 7) is 0. The van der Waals surface area contributed by atoms with Crippen LogP contribution in [-0.4, -0.2) is 14.9 Å². The van der Waals surface area contributed by atoms with E-state index >= 15 is 0 Å². The topological polar surface area (TPSA) is 68.9 Å². The summed E-state index contributed by atoms with van der Waals surface area (Å²) in [6, 6.07) is 8.96. The maximum absolute atomic E-state index is 10.7. The zero-order valence-electron chi connectivity index (χ0n) is 7.70. The molecule has 0 aliphatic rings. The quantitative estimate of drug-likeness (QED) is 0.550. The minimum atomic E-state index is -0.532. The van der Waals surface area contributed by atoms with E-state index in [4.69, 9.17) is 0 Å². The number of hydrogen-bond donors (Lipinski definition) is 0. The zero-order valence-corrected chi connectivity index (χ0v) is 7.70. The minimum Gasteiger partial charge on any atom is -0.358 e. The molecule has 74 valence electrons. The summed E-state index contributed by atoms with van der Waals surface area (Å²) in [6.07, 6.45) is 2.75. The Kier molecular flexibility index (Phi) is 2.37. The summed E-state index contributed by atoms with van der Waals surface area (Å²) in [4.78, 5) is 17.8. The van der Waals surface area contributed by atoms with Crippen LogP contribution in [0.25, 0.3) is 11.3 Å². The minimum absolute atomic E-state index is 0.219. The van der Waals surface area contributed by atoms with Crippen molar-refractivity contribution in [2.75, 3.05) is 0 Å². The third-order valence-electron chi connectivity index (χ3n) is 1.90. The van der Waals surface area contributed by atoms with Crippen LogP contribution in [0.4, 0.5) is 5.82 Å². The Labute approximate surface area is 85.6 Å². The van der Waals surface area contributed by atoms with E-state index in [9.17, 15) is 10.1 Å². The standard InChI is InChI=1S/C10H7N3O2/c14-13(15)10-9(11-6-7-12-10)8-4-2-1-3-5-8/h1-7H. The van der Waals surface area contributed by atoms with Gasteiger partial charge in [0.05, 0.1) is 6.20 Å². The van der Waals surface area contributed by atoms with Crippen LogP contribution in [0, 0.1) is 10.1 Å². The molecule has 15 heavy (non-hydrogen) atoms. The first-order chi connectivity index (χ1) is 7.29. The van der Waals surface area contributed by atoms with Crippen LogP contribution in [0.5, 0.6) is 0 Å². The summed E-state index contributed by atoms with van der Waals surface area (Å²) in [5.41, 5.74) is 0.986. The Morgan fingerprint density at radius 3 is 2.40 bits per heavy atom. The van der Waals surface area contributed by atoms with Crippen LogP contribution in [0.1, 0.15) is 0 Å². The van der Waals surface area contributed by atoms with E-state index in [0.29, 0.717) is 11.3 Å². The van der Waals surface area contributed by atoms with Crippen molar-refractivity contribution in [1.82, 2.24) is 9.97 Å². The monoisotopic (exact) mass is 201 g/mol. The summed E-state index contributed by atoms with van der Waals surface area (Å²) in [5, 5.41) is 10.7. The average molecular weight is 201 g/mol. The molecule has 0 bridgehead atoms. The van der Waals surface area contributed by atoms with Gasteiger partial charge in [0.15, 0.2) is 11.9 Å². The molecule has 0 unspecified atom stereocenters. The molecule has 0 N–H and O–H groups in total. The van der Waals surface area contributed by atoms with Crippen molar-refractivity contribution in [3.63, 3.8) is 0 Å². The molecule has 0 aliphatic carbocycles. The molecular formula is C10H7N3O2. The van der Waals surface area contributed by atoms with Gasteiger partial charge in [-0.25, -0.2) is 4.98 Å². The van der Waals surface area contributed by atoms with Crippen LogP contribution >= 0.6 is 0 Å². The number of rotatable bonds is 2. The number of hydrogen-bond acceptors (Lipinski definition) is 4. The molecule has 1 aromatic carbocycles. The maximum Gasteiger partial charge on any atom is 0.390 e. The molecule has 2 aromatic rings. The van der Waals surface area contributed by atoms with Crippen molar-refractivity contribution in [2.45, 2.75) is 0 Å². The summed E-state index contributed by atoms with van der Waals surface area (Å²) >= 11 is 0. The Balaban J connectivity index is 2.58. The Morgan fingerprint density at radius 2 is 1.73 bits per heavy atom. The fraction of sp³-hybridized carbons (Fsp3) is 0. The first kappa shape index (κ1) is 9.26. The Hall–Kier alpha value is -2.30. The fourth-order valence-electron chi connectivity index (χ4n) is 1.26. The van der Waals surface area contributed by atoms with Gasteiger partial charge in [-0.15, -0.1) is 0 Å². The molecule has 5 heteroatoms. The lowest BCUT2D eigenvalue weighted by atomic mass is 10.1. The van der Waals surface area contributed by atoms with Gasteiger partial charge in [0.25, 0.3) is 0 Å². The van der Waals surface area contributed by atoms with E-state index in [1.165, 1.54) is 12.4 Å². The highest BCUT2D eigenvalue weighted by Gasteiger charge is 2.16. The third-order valence-corrected chi connectivity index (χ3v) is 1.90. The third kappa shape index (κ3) is 1.80. The van der Waals surface area contributed by atoms with Crippen molar-refractivity contribution in [3.05, 3.63) is 52.8 Å². The second kappa shape index (κ2) is 3.83. The molecule has 2 rings (SSSR count). The maximum atomic E-state index is 10.7. The first-order valence-corrected chi connectivity index (χ1v) is 4.30. The molecule has 0 saturated carbocycles. The van der Waals surface area contributed by atoms with E-state index < -0.39 is 4.92 Å². The van der Waals surface area contributed by atoms with Gasteiger partial charge < -0.3 is 10.1 Å². The Bertz CT molecular complexity index is 485. The van der Waals surface area contributed by atoms with Gasteiger partial charge in [0.2, 0.25) is 0 Å². The van der Waals surface area contributed by atoms with Gasteiger partial charge in [-0.2, -0.15) is 0 Å². The van der Waals surface area contributed by atoms with Crippen LogP contribution in [-0.2, 0) is 0 Å². The highest BCUT2D eigenvalue weighted by Crippen LogP contribution is 2.24. The second-order valence-corrected chi connectivity index (χ2v) is 2.85. The average Bonchev–Trinajstić information content (AvgIpc) is 2.30. The number of aromatic nitrogens is 2. The van der Waals surface area contributed by atoms with Gasteiger partial charge in [0.1, 0.15) is 0 Å². The van der Waals surface area contributed by atoms with Crippen LogP contribution < -0.4 is 0 Å². The van der Waals surface area contributed by atoms with Gasteiger partial charge in [-0.1, -0.05) is 30.3 Å². The molecule has 0 aliphatic heterocycles. The molecule has 0 atom stereocenters. The smallest absolute Gasteiger partial charge is 0.358 e.